The number of carbonyl (C=O) groups excluding carboxylic acids is 1. The summed E-state index contributed by atoms with van der Waals surface area (Å²) in [6.45, 7) is 8.36. The average Bonchev–Trinajstić information content (AvgIpc) is 2.02. The lowest BCUT2D eigenvalue weighted by Crippen LogP contribution is -2.36. The lowest BCUT2D eigenvalue weighted by atomic mass is 10.2. The minimum Gasteiger partial charge on any atom is -0.300 e. The molecule has 1 radical (unpaired) electrons. The molecule has 0 bridgehead atoms. The Hall–Kier alpha value is -0.570. The summed E-state index contributed by atoms with van der Waals surface area (Å²) in [6.07, 6.45) is 2.58. The zero-order valence-corrected chi connectivity index (χ0v) is 8.97. The minimum absolute atomic E-state index is 0.227. The van der Waals surface area contributed by atoms with E-state index in [0.29, 0.717) is 6.42 Å². The predicted molar refractivity (Wildman–Crippen MR) is 54.3 cm³/mol. The van der Waals surface area contributed by atoms with Gasteiger partial charge in [-0.2, -0.15) is 0 Å². The number of nitrogens with one attached hydrogen (secondary N) is 1. The highest BCUT2D eigenvalue weighted by atomic mass is 16.1. The van der Waals surface area contributed by atoms with Crippen molar-refractivity contribution in [3.63, 3.8) is 0 Å². The Kier molecular flexibility index (Phi) is 6.59. The van der Waals surface area contributed by atoms with Crippen LogP contribution in [0.4, 0.5) is 0 Å². The van der Waals surface area contributed by atoms with E-state index in [1.54, 1.807) is 0 Å². The van der Waals surface area contributed by atoms with Crippen LogP contribution in [0, 0.1) is 0 Å². The molecule has 0 aliphatic rings. The maximum Gasteiger partial charge on any atom is 0.239 e. The van der Waals surface area contributed by atoms with E-state index in [0.717, 1.165) is 25.9 Å². The van der Waals surface area contributed by atoms with E-state index in [1.807, 2.05) is 6.92 Å². The molecule has 0 aromatic heterocycles. The number of carbonyl (C=O) groups is 1. The molecule has 13 heavy (non-hydrogen) atoms. The Morgan fingerprint density at radius 1 is 1.31 bits per heavy atom. The van der Waals surface area contributed by atoms with E-state index in [9.17, 15) is 4.79 Å². The normalized spacial score (nSPS) is 13.2. The largest absolute Gasteiger partial charge is 0.300 e. The van der Waals surface area contributed by atoms with Crippen LogP contribution in [-0.2, 0) is 4.79 Å². The van der Waals surface area contributed by atoms with Crippen LogP contribution in [0.25, 0.3) is 0 Å². The highest BCUT2D eigenvalue weighted by Crippen LogP contribution is 2.05. The smallest absolute Gasteiger partial charge is 0.239 e. The molecule has 1 unspecified atom stereocenters. The molecule has 77 valence electrons. The number of hydrogen-bond acceptors (Lipinski definition) is 2. The maximum atomic E-state index is 10.6. The fraction of sp³-hybridized carbons (Fsp3) is 0.900. The van der Waals surface area contributed by atoms with Gasteiger partial charge in [0.2, 0.25) is 5.91 Å². The van der Waals surface area contributed by atoms with Gasteiger partial charge in [-0.05, 0) is 32.9 Å². The van der Waals surface area contributed by atoms with Crippen molar-refractivity contribution in [3.8, 4) is 0 Å². The highest BCUT2D eigenvalue weighted by Gasteiger charge is 2.14. The molecular formula is C10H21N2O. The monoisotopic (exact) mass is 185 g/mol. The first-order chi connectivity index (χ1) is 6.11. The fourth-order valence-corrected chi connectivity index (χ4v) is 1.52. The van der Waals surface area contributed by atoms with Gasteiger partial charge in [-0.1, -0.05) is 13.8 Å². The fourth-order valence-electron chi connectivity index (χ4n) is 1.52. The third-order valence-electron chi connectivity index (χ3n) is 2.13. The second-order valence-corrected chi connectivity index (χ2v) is 3.51. The Morgan fingerprint density at radius 2 is 1.77 bits per heavy atom. The quantitative estimate of drug-likeness (QED) is 0.606. The van der Waals surface area contributed by atoms with Crippen LogP contribution in [0.3, 0.4) is 0 Å². The van der Waals surface area contributed by atoms with Gasteiger partial charge in [-0.3, -0.25) is 10.5 Å². The van der Waals surface area contributed by atoms with Crippen LogP contribution in [0.15, 0.2) is 0 Å². The van der Waals surface area contributed by atoms with Crippen molar-refractivity contribution in [2.75, 3.05) is 13.1 Å². The van der Waals surface area contributed by atoms with Crippen molar-refractivity contribution in [1.29, 1.82) is 0 Å². The Morgan fingerprint density at radius 3 is 2.08 bits per heavy atom. The van der Waals surface area contributed by atoms with E-state index in [-0.39, 0.29) is 6.04 Å². The molecule has 3 heteroatoms. The third-order valence-corrected chi connectivity index (χ3v) is 2.13. The van der Waals surface area contributed by atoms with Gasteiger partial charge in [0.05, 0.1) is 0 Å². The molecule has 0 fully saturated rings. The van der Waals surface area contributed by atoms with Gasteiger partial charge >= 0.3 is 0 Å². The molecule has 0 aliphatic heterocycles. The van der Waals surface area contributed by atoms with E-state index < -0.39 is 5.91 Å². The second kappa shape index (κ2) is 6.89. The van der Waals surface area contributed by atoms with E-state index in [2.05, 4.69) is 18.7 Å². The predicted octanol–water partition coefficient (Wildman–Crippen LogP) is 1.70. The van der Waals surface area contributed by atoms with E-state index in [1.165, 1.54) is 0 Å². The van der Waals surface area contributed by atoms with Gasteiger partial charge in [-0.25, -0.2) is 0 Å². The van der Waals surface area contributed by atoms with Crippen molar-refractivity contribution in [1.82, 2.24) is 10.6 Å². The van der Waals surface area contributed by atoms with Crippen LogP contribution < -0.4 is 5.73 Å². The second-order valence-electron chi connectivity index (χ2n) is 3.51. The maximum absolute atomic E-state index is 10.6. The van der Waals surface area contributed by atoms with E-state index >= 15 is 0 Å². The first-order valence-electron chi connectivity index (χ1n) is 5.10. The SMILES string of the molecule is CCCN(CCC)C(C)CC([NH])=O. The molecule has 0 aromatic rings. The molecule has 3 nitrogen and oxygen atoms in total. The summed E-state index contributed by atoms with van der Waals surface area (Å²) in [5, 5.41) is 0. The van der Waals surface area contributed by atoms with Crippen LogP contribution in [-0.4, -0.2) is 29.9 Å². The van der Waals surface area contributed by atoms with Crippen molar-refractivity contribution in [2.45, 2.75) is 46.1 Å². The highest BCUT2D eigenvalue weighted by molar-refractivity contribution is 5.73. The molecule has 1 atom stereocenters. The Labute approximate surface area is 81.3 Å². The molecule has 0 heterocycles. The van der Waals surface area contributed by atoms with Gasteiger partial charge < -0.3 is 4.90 Å². The summed E-state index contributed by atoms with van der Waals surface area (Å²) >= 11 is 0. The molecular weight excluding hydrogens is 164 g/mol. The number of rotatable bonds is 7. The first-order valence-corrected chi connectivity index (χ1v) is 5.10. The van der Waals surface area contributed by atoms with Crippen molar-refractivity contribution in [3.05, 3.63) is 0 Å². The van der Waals surface area contributed by atoms with Crippen LogP contribution in [0.1, 0.15) is 40.0 Å². The average molecular weight is 185 g/mol. The summed E-state index contributed by atoms with van der Waals surface area (Å²) in [4.78, 5) is 12.9. The van der Waals surface area contributed by atoms with Crippen molar-refractivity contribution < 1.29 is 4.79 Å². The molecule has 1 amide bonds. The lowest BCUT2D eigenvalue weighted by Gasteiger charge is -2.27. The zero-order chi connectivity index (χ0) is 10.3. The summed E-state index contributed by atoms with van der Waals surface area (Å²) in [5.74, 6) is -0.454. The first kappa shape index (κ1) is 12.4. The summed E-state index contributed by atoms with van der Waals surface area (Å²) < 4.78 is 0. The Bertz CT molecular complexity index is 142. The van der Waals surface area contributed by atoms with Crippen molar-refractivity contribution >= 4 is 5.91 Å². The standard InChI is InChI=1S/C10H21N2O/c1-4-6-12(7-5-2)9(3)8-10(11)13/h9,11H,4-8H2,1-3H3. The summed E-state index contributed by atoms with van der Waals surface area (Å²) in [7, 11) is 0. The van der Waals surface area contributed by atoms with Gasteiger partial charge in [0.15, 0.2) is 0 Å². The van der Waals surface area contributed by atoms with Gasteiger partial charge in [0.25, 0.3) is 0 Å². The zero-order valence-electron chi connectivity index (χ0n) is 8.97. The van der Waals surface area contributed by atoms with Gasteiger partial charge in [0.1, 0.15) is 0 Å². The van der Waals surface area contributed by atoms with Crippen LogP contribution in [0.5, 0.6) is 0 Å². The number of hydrogen-bond donors (Lipinski definition) is 0. The molecule has 0 aromatic carbocycles. The Balaban J connectivity index is 3.93. The third kappa shape index (κ3) is 5.64. The molecule has 1 N–H and O–H groups in total. The molecule has 0 aliphatic carbocycles. The molecule has 0 saturated heterocycles. The minimum atomic E-state index is -0.454. The molecule has 0 spiro atoms. The van der Waals surface area contributed by atoms with Crippen LogP contribution >= 0.6 is 0 Å². The summed E-state index contributed by atoms with van der Waals surface area (Å²) in [6, 6.07) is 0.227. The molecule has 0 rings (SSSR count). The van der Waals surface area contributed by atoms with Gasteiger partial charge in [-0.15, -0.1) is 0 Å². The topological polar surface area (TPSA) is 44.1 Å². The summed E-state index contributed by atoms with van der Waals surface area (Å²) in [5.41, 5.74) is 6.90. The van der Waals surface area contributed by atoms with Crippen molar-refractivity contribution in [2.24, 2.45) is 0 Å². The van der Waals surface area contributed by atoms with Gasteiger partial charge in [0, 0.05) is 12.5 Å². The van der Waals surface area contributed by atoms with Crippen LogP contribution in [0.2, 0.25) is 0 Å². The number of amides is 1. The lowest BCUT2D eigenvalue weighted by molar-refractivity contribution is -0.119. The molecule has 0 saturated carbocycles. The number of nitrogens with zero attached hydrogens (tertiary/aromatic N) is 1. The van der Waals surface area contributed by atoms with E-state index in [4.69, 9.17) is 5.73 Å².